The van der Waals surface area contributed by atoms with Gasteiger partial charge in [-0.15, -0.1) is 0 Å². The summed E-state index contributed by atoms with van der Waals surface area (Å²) < 4.78 is 10.8. The molecule has 2 aromatic rings. The van der Waals surface area contributed by atoms with Crippen LogP contribution in [-0.4, -0.2) is 12.0 Å². The first kappa shape index (κ1) is 14.8. The van der Waals surface area contributed by atoms with Crippen LogP contribution in [0.4, 0.5) is 5.69 Å². The van der Waals surface area contributed by atoms with Gasteiger partial charge in [0.2, 0.25) is 0 Å². The molecule has 0 N–H and O–H groups in total. The van der Waals surface area contributed by atoms with Gasteiger partial charge in [0, 0.05) is 6.07 Å². The highest BCUT2D eigenvalue weighted by atomic mass is 16.6. The van der Waals surface area contributed by atoms with Crippen LogP contribution in [0.2, 0.25) is 0 Å². The summed E-state index contributed by atoms with van der Waals surface area (Å²) in [5.74, 6) is 1.23. The van der Waals surface area contributed by atoms with Crippen molar-refractivity contribution in [1.29, 1.82) is 0 Å². The fourth-order valence-corrected chi connectivity index (χ4v) is 1.97. The molecule has 0 amide bonds. The molecule has 2 aromatic carbocycles. The molecule has 5 nitrogen and oxygen atoms in total. The summed E-state index contributed by atoms with van der Waals surface area (Å²) in [6, 6.07) is 10.6. The minimum absolute atomic E-state index is 0.00564. The second kappa shape index (κ2) is 6.26. The number of non-ortho nitro benzene ring substituents is 1. The van der Waals surface area contributed by atoms with E-state index < -0.39 is 4.92 Å². The zero-order valence-electron chi connectivity index (χ0n) is 12.3. The molecule has 0 aliphatic heterocycles. The maximum absolute atomic E-state index is 10.9. The largest absolute Gasteiger partial charge is 0.496 e. The van der Waals surface area contributed by atoms with Crippen molar-refractivity contribution in [2.45, 2.75) is 20.5 Å². The Hall–Kier alpha value is -2.56. The first-order valence-corrected chi connectivity index (χ1v) is 6.52. The molecule has 0 aliphatic rings. The van der Waals surface area contributed by atoms with Gasteiger partial charge in [-0.3, -0.25) is 10.1 Å². The Bertz CT molecular complexity index is 667. The van der Waals surface area contributed by atoms with Crippen molar-refractivity contribution in [3.05, 3.63) is 63.2 Å². The Morgan fingerprint density at radius 3 is 2.57 bits per heavy atom. The third-order valence-electron chi connectivity index (χ3n) is 3.14. The van der Waals surface area contributed by atoms with E-state index >= 15 is 0 Å². The summed E-state index contributed by atoms with van der Waals surface area (Å²) in [5.41, 5.74) is 2.82. The van der Waals surface area contributed by atoms with Gasteiger partial charge < -0.3 is 9.47 Å². The highest BCUT2D eigenvalue weighted by Crippen LogP contribution is 2.25. The molecule has 110 valence electrons. The molecule has 0 saturated heterocycles. The molecule has 0 fully saturated rings. The lowest BCUT2D eigenvalue weighted by molar-refractivity contribution is -0.385. The van der Waals surface area contributed by atoms with Crippen molar-refractivity contribution in [3.63, 3.8) is 0 Å². The van der Waals surface area contributed by atoms with E-state index in [1.807, 2.05) is 32.0 Å². The molecule has 0 bridgehead atoms. The summed E-state index contributed by atoms with van der Waals surface area (Å²) in [6.07, 6.45) is 0. The number of ether oxygens (including phenoxy) is 2. The van der Waals surface area contributed by atoms with Crippen LogP contribution in [0.1, 0.15) is 16.7 Å². The van der Waals surface area contributed by atoms with Gasteiger partial charge in [-0.05, 0) is 42.7 Å². The summed E-state index contributed by atoms with van der Waals surface area (Å²) >= 11 is 0. The number of nitro benzene ring substituents is 1. The molecule has 0 heterocycles. The van der Waals surface area contributed by atoms with Crippen molar-refractivity contribution >= 4 is 5.69 Å². The molecule has 0 aliphatic carbocycles. The zero-order chi connectivity index (χ0) is 15.4. The van der Waals surface area contributed by atoms with E-state index in [1.165, 1.54) is 19.2 Å². The van der Waals surface area contributed by atoms with Gasteiger partial charge in [0.25, 0.3) is 5.69 Å². The Balaban J connectivity index is 2.21. The van der Waals surface area contributed by atoms with Crippen LogP contribution in [0, 0.1) is 24.0 Å². The first-order valence-electron chi connectivity index (χ1n) is 6.52. The number of hydrogen-bond acceptors (Lipinski definition) is 4. The van der Waals surface area contributed by atoms with Crippen LogP contribution < -0.4 is 9.47 Å². The highest BCUT2D eigenvalue weighted by Gasteiger charge is 2.11. The van der Waals surface area contributed by atoms with Gasteiger partial charge >= 0.3 is 0 Å². The van der Waals surface area contributed by atoms with E-state index in [4.69, 9.17) is 9.47 Å². The van der Waals surface area contributed by atoms with E-state index in [1.54, 1.807) is 6.07 Å². The van der Waals surface area contributed by atoms with Crippen molar-refractivity contribution in [1.82, 2.24) is 0 Å². The van der Waals surface area contributed by atoms with Crippen molar-refractivity contribution in [3.8, 4) is 11.5 Å². The fraction of sp³-hybridized carbons (Fsp3) is 0.250. The van der Waals surface area contributed by atoms with Crippen LogP contribution in [0.15, 0.2) is 36.4 Å². The highest BCUT2D eigenvalue weighted by molar-refractivity contribution is 5.43. The van der Waals surface area contributed by atoms with Crippen molar-refractivity contribution < 1.29 is 14.4 Å². The van der Waals surface area contributed by atoms with Gasteiger partial charge in [-0.1, -0.05) is 12.1 Å². The molecule has 0 radical (unpaired) electrons. The van der Waals surface area contributed by atoms with Crippen LogP contribution in [0.25, 0.3) is 0 Å². The molecular formula is C16H17NO4. The Labute approximate surface area is 123 Å². The number of aryl methyl sites for hydroxylation is 2. The molecule has 21 heavy (non-hydrogen) atoms. The second-order valence-electron chi connectivity index (χ2n) is 4.85. The normalized spacial score (nSPS) is 10.2. The van der Waals surface area contributed by atoms with E-state index in [-0.39, 0.29) is 12.3 Å². The molecule has 0 unspecified atom stereocenters. The number of nitro groups is 1. The predicted octanol–water partition coefficient (Wildman–Crippen LogP) is 3.80. The van der Waals surface area contributed by atoms with E-state index in [9.17, 15) is 10.1 Å². The quantitative estimate of drug-likeness (QED) is 0.620. The van der Waals surface area contributed by atoms with Gasteiger partial charge in [0.15, 0.2) is 0 Å². The predicted molar refractivity (Wildman–Crippen MR) is 79.9 cm³/mol. The average molecular weight is 287 g/mol. The molecule has 2 rings (SSSR count). The smallest absolute Gasteiger partial charge is 0.273 e. The zero-order valence-corrected chi connectivity index (χ0v) is 12.3. The fourth-order valence-electron chi connectivity index (χ4n) is 1.97. The van der Waals surface area contributed by atoms with Crippen molar-refractivity contribution in [2.24, 2.45) is 0 Å². The molecule has 0 aromatic heterocycles. The Morgan fingerprint density at radius 2 is 1.90 bits per heavy atom. The number of hydrogen-bond donors (Lipinski definition) is 0. The third-order valence-corrected chi connectivity index (χ3v) is 3.14. The van der Waals surface area contributed by atoms with Crippen molar-refractivity contribution in [2.75, 3.05) is 7.11 Å². The van der Waals surface area contributed by atoms with E-state index in [2.05, 4.69) is 0 Å². The standard InChI is InChI=1S/C16H17NO4/c1-11-4-5-12(2)16(6-11)21-10-13-7-14(17(18)19)9-15(8-13)20-3/h4-9H,10H2,1-3H3. The lowest BCUT2D eigenvalue weighted by atomic mass is 10.1. The Morgan fingerprint density at radius 1 is 1.14 bits per heavy atom. The number of rotatable bonds is 5. The summed E-state index contributed by atoms with van der Waals surface area (Å²) in [6.45, 7) is 4.20. The maximum atomic E-state index is 10.9. The minimum atomic E-state index is -0.441. The van der Waals surface area contributed by atoms with Gasteiger partial charge in [-0.25, -0.2) is 0 Å². The molecular weight excluding hydrogens is 270 g/mol. The molecule has 0 spiro atoms. The number of benzene rings is 2. The van der Waals surface area contributed by atoms with Gasteiger partial charge in [0.1, 0.15) is 18.1 Å². The topological polar surface area (TPSA) is 61.6 Å². The van der Waals surface area contributed by atoms with E-state index in [0.717, 1.165) is 16.9 Å². The first-order chi connectivity index (χ1) is 9.99. The van der Waals surface area contributed by atoms with E-state index in [0.29, 0.717) is 11.3 Å². The average Bonchev–Trinajstić information content (AvgIpc) is 2.47. The Kier molecular flexibility index (Phi) is 4.42. The van der Waals surface area contributed by atoms with Crippen LogP contribution in [-0.2, 0) is 6.61 Å². The lowest BCUT2D eigenvalue weighted by Gasteiger charge is -2.11. The third kappa shape index (κ3) is 3.72. The number of nitrogens with zero attached hydrogens (tertiary/aromatic N) is 1. The van der Waals surface area contributed by atoms with Crippen LogP contribution in [0.5, 0.6) is 11.5 Å². The molecule has 0 saturated carbocycles. The SMILES string of the molecule is COc1cc(COc2cc(C)ccc2C)cc([N+](=O)[O-])c1. The second-order valence-corrected chi connectivity index (χ2v) is 4.85. The monoisotopic (exact) mass is 287 g/mol. The minimum Gasteiger partial charge on any atom is -0.496 e. The van der Waals surface area contributed by atoms with Crippen LogP contribution >= 0.6 is 0 Å². The maximum Gasteiger partial charge on any atom is 0.273 e. The summed E-state index contributed by atoms with van der Waals surface area (Å²) in [5, 5.41) is 10.9. The van der Waals surface area contributed by atoms with Crippen LogP contribution in [0.3, 0.4) is 0 Å². The molecule has 0 atom stereocenters. The summed E-state index contributed by atoms with van der Waals surface area (Å²) in [7, 11) is 1.48. The molecule has 5 heteroatoms. The van der Waals surface area contributed by atoms with Gasteiger partial charge in [0.05, 0.1) is 18.1 Å². The summed E-state index contributed by atoms with van der Waals surface area (Å²) in [4.78, 5) is 10.5. The van der Waals surface area contributed by atoms with Gasteiger partial charge in [-0.2, -0.15) is 0 Å². The number of methoxy groups -OCH3 is 1. The lowest BCUT2D eigenvalue weighted by Crippen LogP contribution is -1.99.